The molecule has 0 saturated carbocycles. The molecule has 0 saturated heterocycles. The van der Waals surface area contributed by atoms with Gasteiger partial charge >= 0.3 is 0 Å². The Kier molecular flexibility index (Phi) is 3.92. The molecule has 0 heterocycles. The summed E-state index contributed by atoms with van der Waals surface area (Å²) >= 11 is 4.65. The summed E-state index contributed by atoms with van der Waals surface area (Å²) in [6.07, 6.45) is 0.889. The average molecular weight is 114 g/mol. The van der Waals surface area contributed by atoms with Crippen molar-refractivity contribution in [1.82, 2.24) is 0 Å². The van der Waals surface area contributed by atoms with Crippen LogP contribution in [-0.4, -0.2) is 5.75 Å². The molecule has 2 heteroatoms. The predicted octanol–water partition coefficient (Wildman–Crippen LogP) is 1.73. The fraction of sp³-hybridized carbons (Fsp3) is 0.800. The summed E-state index contributed by atoms with van der Waals surface area (Å²) in [5.74, 6) is 0.683. The summed E-state index contributed by atoms with van der Waals surface area (Å²) < 4.78 is 0. The van der Waals surface area contributed by atoms with E-state index in [1.807, 2.05) is 6.92 Å². The third kappa shape index (κ3) is 2.52. The summed E-state index contributed by atoms with van der Waals surface area (Å²) in [6, 6.07) is 2.10. The van der Waals surface area contributed by atoms with E-state index in [1.54, 1.807) is 0 Å². The van der Waals surface area contributed by atoms with Crippen LogP contribution >= 0.6 is 12.6 Å². The van der Waals surface area contributed by atoms with Gasteiger partial charge in [0.1, 0.15) is 0 Å². The molecule has 7 heavy (non-hydrogen) atoms. The third-order valence-corrected chi connectivity index (χ3v) is 1.28. The van der Waals surface area contributed by atoms with Crippen molar-refractivity contribution < 1.29 is 0 Å². The SMILES string of the molecule is CCC(C#N)C[S]. The maximum Gasteiger partial charge on any atom is 0.0664 e. The predicted molar refractivity (Wildman–Crippen MR) is 31.9 cm³/mol. The molecule has 0 aromatic rings. The van der Waals surface area contributed by atoms with Gasteiger partial charge in [-0.05, 0) is 6.42 Å². The first-order chi connectivity index (χ1) is 3.35. The zero-order valence-electron chi connectivity index (χ0n) is 4.35. The van der Waals surface area contributed by atoms with E-state index in [4.69, 9.17) is 5.26 Å². The first-order valence-corrected chi connectivity index (χ1v) is 2.90. The molecule has 1 unspecified atom stereocenters. The van der Waals surface area contributed by atoms with Crippen LogP contribution in [0.2, 0.25) is 0 Å². The summed E-state index contributed by atoms with van der Waals surface area (Å²) in [4.78, 5) is 0. The van der Waals surface area contributed by atoms with Crippen LogP contribution in [0.15, 0.2) is 0 Å². The van der Waals surface area contributed by atoms with Crippen LogP contribution in [0.4, 0.5) is 0 Å². The highest BCUT2D eigenvalue weighted by atomic mass is 32.1. The van der Waals surface area contributed by atoms with Crippen LogP contribution in [0.1, 0.15) is 13.3 Å². The second kappa shape index (κ2) is 4.01. The molecule has 0 aliphatic rings. The van der Waals surface area contributed by atoms with Crippen LogP contribution in [0.25, 0.3) is 0 Å². The molecule has 0 aliphatic heterocycles. The molecule has 39 valence electrons. The fourth-order valence-electron chi connectivity index (χ4n) is 0.246. The monoisotopic (exact) mass is 114 g/mol. The van der Waals surface area contributed by atoms with Crippen LogP contribution in [0.3, 0.4) is 0 Å². The molecular weight excluding hydrogens is 106 g/mol. The van der Waals surface area contributed by atoms with E-state index >= 15 is 0 Å². The van der Waals surface area contributed by atoms with Crippen LogP contribution in [0.5, 0.6) is 0 Å². The quantitative estimate of drug-likeness (QED) is 0.536. The van der Waals surface area contributed by atoms with Gasteiger partial charge < -0.3 is 0 Å². The lowest BCUT2D eigenvalue weighted by Gasteiger charge is -1.94. The maximum atomic E-state index is 8.21. The Morgan fingerprint density at radius 1 is 1.86 bits per heavy atom. The van der Waals surface area contributed by atoms with E-state index in [-0.39, 0.29) is 5.92 Å². The lowest BCUT2D eigenvalue weighted by molar-refractivity contribution is 0.726. The molecule has 0 rings (SSSR count). The molecule has 0 aromatic heterocycles. The summed E-state index contributed by atoms with van der Waals surface area (Å²) in [7, 11) is 0. The number of rotatable bonds is 2. The molecule has 0 aliphatic carbocycles. The van der Waals surface area contributed by atoms with Gasteiger partial charge in [0, 0.05) is 5.75 Å². The number of nitrogens with zero attached hydrogens (tertiary/aromatic N) is 1. The molecule has 0 spiro atoms. The largest absolute Gasteiger partial charge is 0.198 e. The lowest BCUT2D eigenvalue weighted by atomic mass is 10.1. The maximum absolute atomic E-state index is 8.21. The van der Waals surface area contributed by atoms with Crippen molar-refractivity contribution >= 4 is 12.6 Å². The Morgan fingerprint density at radius 2 is 2.43 bits per heavy atom. The van der Waals surface area contributed by atoms with Crippen molar-refractivity contribution in [3.8, 4) is 6.07 Å². The van der Waals surface area contributed by atoms with Crippen molar-refractivity contribution in [2.24, 2.45) is 5.92 Å². The normalized spacial score (nSPS) is 12.7. The number of hydrogen-bond acceptors (Lipinski definition) is 1. The van der Waals surface area contributed by atoms with Gasteiger partial charge in [-0.25, -0.2) is 0 Å². The number of hydrogen-bond donors (Lipinski definition) is 0. The highest BCUT2D eigenvalue weighted by Gasteiger charge is 1.97. The van der Waals surface area contributed by atoms with Gasteiger partial charge in [0.25, 0.3) is 0 Å². The third-order valence-electron chi connectivity index (χ3n) is 0.877. The molecule has 0 bridgehead atoms. The molecule has 0 amide bonds. The first-order valence-electron chi connectivity index (χ1n) is 2.32. The van der Waals surface area contributed by atoms with Crippen molar-refractivity contribution in [3.63, 3.8) is 0 Å². The van der Waals surface area contributed by atoms with Gasteiger partial charge in [0.05, 0.1) is 12.0 Å². The highest BCUT2D eigenvalue weighted by Crippen LogP contribution is 2.00. The standard InChI is InChI=1S/C5H8NS/c1-2-5(3-6)4-7/h5H,2,4H2,1H3. The van der Waals surface area contributed by atoms with Gasteiger partial charge in [-0.1, -0.05) is 19.6 Å². The van der Waals surface area contributed by atoms with E-state index in [0.29, 0.717) is 5.75 Å². The highest BCUT2D eigenvalue weighted by molar-refractivity contribution is 7.80. The topological polar surface area (TPSA) is 23.8 Å². The Morgan fingerprint density at radius 3 is 2.43 bits per heavy atom. The minimum absolute atomic E-state index is 0.106. The Hall–Kier alpha value is -0.160. The molecule has 0 N–H and O–H groups in total. The molecular formula is C5H8NS. The summed E-state index contributed by atoms with van der Waals surface area (Å²) in [5.41, 5.74) is 0. The molecule has 0 aromatic carbocycles. The molecule has 1 nitrogen and oxygen atoms in total. The van der Waals surface area contributed by atoms with Crippen molar-refractivity contribution in [2.45, 2.75) is 13.3 Å². The Bertz CT molecular complexity index is 70.6. The molecule has 1 atom stereocenters. The van der Waals surface area contributed by atoms with E-state index < -0.39 is 0 Å². The zero-order chi connectivity index (χ0) is 5.70. The van der Waals surface area contributed by atoms with Crippen LogP contribution in [0, 0.1) is 17.2 Å². The minimum atomic E-state index is 0.106. The van der Waals surface area contributed by atoms with Gasteiger partial charge in [-0.15, -0.1) is 0 Å². The van der Waals surface area contributed by atoms with Crippen molar-refractivity contribution in [1.29, 1.82) is 5.26 Å². The zero-order valence-corrected chi connectivity index (χ0v) is 5.16. The average Bonchev–Trinajstić information content (AvgIpc) is 1.72. The van der Waals surface area contributed by atoms with Gasteiger partial charge in [0.2, 0.25) is 0 Å². The van der Waals surface area contributed by atoms with Gasteiger partial charge in [0.15, 0.2) is 0 Å². The van der Waals surface area contributed by atoms with E-state index in [9.17, 15) is 0 Å². The Balaban J connectivity index is 3.23. The summed E-state index contributed by atoms with van der Waals surface area (Å²) in [6.45, 7) is 1.97. The molecule has 0 fully saturated rings. The second-order valence-corrected chi connectivity index (χ2v) is 1.73. The number of nitriles is 1. The van der Waals surface area contributed by atoms with Crippen LogP contribution in [-0.2, 0) is 0 Å². The smallest absolute Gasteiger partial charge is 0.0664 e. The van der Waals surface area contributed by atoms with E-state index in [0.717, 1.165) is 6.42 Å². The van der Waals surface area contributed by atoms with E-state index in [1.165, 1.54) is 0 Å². The van der Waals surface area contributed by atoms with E-state index in [2.05, 4.69) is 18.7 Å². The summed E-state index contributed by atoms with van der Waals surface area (Å²) in [5, 5.41) is 8.21. The second-order valence-electron chi connectivity index (χ2n) is 1.40. The fourth-order valence-corrected chi connectivity index (χ4v) is 0.557. The lowest BCUT2D eigenvalue weighted by Crippen LogP contribution is -1.93. The van der Waals surface area contributed by atoms with Crippen molar-refractivity contribution in [3.05, 3.63) is 0 Å². The van der Waals surface area contributed by atoms with Gasteiger partial charge in [-0.2, -0.15) is 5.26 Å². The minimum Gasteiger partial charge on any atom is -0.198 e. The first kappa shape index (κ1) is 6.84. The van der Waals surface area contributed by atoms with Crippen molar-refractivity contribution in [2.75, 3.05) is 5.75 Å². The molecule has 1 radical (unpaired) electrons. The van der Waals surface area contributed by atoms with Gasteiger partial charge in [-0.3, -0.25) is 0 Å². The Labute approximate surface area is 49.7 Å². The van der Waals surface area contributed by atoms with Crippen LogP contribution < -0.4 is 0 Å².